The number of sulfonamides is 1. The lowest BCUT2D eigenvalue weighted by atomic mass is 10.4. The molecule has 1 N–H and O–H groups in total. The van der Waals surface area contributed by atoms with E-state index in [9.17, 15) is 8.42 Å². The minimum Gasteiger partial charge on any atom is -0.315 e. The molecule has 0 aliphatic rings. The van der Waals surface area contributed by atoms with Crippen molar-refractivity contribution in [3.63, 3.8) is 0 Å². The van der Waals surface area contributed by atoms with E-state index in [1.807, 2.05) is 27.8 Å². The van der Waals surface area contributed by atoms with Crippen LogP contribution in [0.15, 0.2) is 11.0 Å². The minimum absolute atomic E-state index is 0.0351. The molecule has 0 radical (unpaired) electrons. The standard InChI is InChI=1S/C11H20N2O2S2/c1-8(2)13(5)17(14,15)11-6-10(7-12-4)16-9(11)3/h6,8,12H,7H2,1-5H3. The molecule has 17 heavy (non-hydrogen) atoms. The number of hydrogen-bond acceptors (Lipinski definition) is 4. The molecule has 0 atom stereocenters. The molecule has 0 aromatic carbocycles. The van der Waals surface area contributed by atoms with E-state index in [2.05, 4.69) is 5.32 Å². The summed E-state index contributed by atoms with van der Waals surface area (Å²) in [6, 6.07) is 1.73. The Morgan fingerprint density at radius 1 is 1.47 bits per heavy atom. The average molecular weight is 276 g/mol. The summed E-state index contributed by atoms with van der Waals surface area (Å²) >= 11 is 1.53. The molecular weight excluding hydrogens is 256 g/mol. The summed E-state index contributed by atoms with van der Waals surface area (Å²) in [7, 11) is 0.120. The Hall–Kier alpha value is -0.430. The van der Waals surface area contributed by atoms with Gasteiger partial charge in [0.05, 0.1) is 4.90 Å². The molecule has 1 aromatic heterocycles. The zero-order valence-electron chi connectivity index (χ0n) is 10.9. The fraction of sp³-hybridized carbons (Fsp3) is 0.636. The summed E-state index contributed by atoms with van der Waals surface area (Å²) in [5, 5.41) is 3.03. The highest BCUT2D eigenvalue weighted by atomic mass is 32.2. The lowest BCUT2D eigenvalue weighted by molar-refractivity contribution is 0.410. The van der Waals surface area contributed by atoms with Crippen molar-refractivity contribution in [2.75, 3.05) is 14.1 Å². The smallest absolute Gasteiger partial charge is 0.244 e. The summed E-state index contributed by atoms with van der Waals surface area (Å²) in [5.74, 6) is 0. The lowest BCUT2D eigenvalue weighted by Crippen LogP contribution is -2.33. The molecule has 0 saturated carbocycles. The van der Waals surface area contributed by atoms with Crippen LogP contribution in [0.2, 0.25) is 0 Å². The summed E-state index contributed by atoms with van der Waals surface area (Å²) in [5.41, 5.74) is 0. The fourth-order valence-electron chi connectivity index (χ4n) is 1.47. The summed E-state index contributed by atoms with van der Waals surface area (Å²) in [4.78, 5) is 2.33. The molecule has 1 rings (SSSR count). The Bertz CT molecular complexity index is 478. The van der Waals surface area contributed by atoms with Crippen LogP contribution in [0, 0.1) is 6.92 Å². The monoisotopic (exact) mass is 276 g/mol. The Balaban J connectivity index is 3.15. The van der Waals surface area contributed by atoms with Crippen molar-refractivity contribution in [3.8, 4) is 0 Å². The first-order valence-corrected chi connectivity index (χ1v) is 7.78. The second kappa shape index (κ2) is 5.48. The number of nitrogens with one attached hydrogen (secondary N) is 1. The van der Waals surface area contributed by atoms with Crippen LogP contribution in [0.25, 0.3) is 0 Å². The SMILES string of the molecule is CNCc1cc(S(=O)(=O)N(C)C(C)C)c(C)s1. The topological polar surface area (TPSA) is 49.4 Å². The molecular formula is C11H20N2O2S2. The van der Waals surface area contributed by atoms with Crippen LogP contribution in [-0.4, -0.2) is 32.9 Å². The predicted molar refractivity (Wildman–Crippen MR) is 71.9 cm³/mol. The van der Waals surface area contributed by atoms with Crippen LogP contribution >= 0.6 is 11.3 Å². The van der Waals surface area contributed by atoms with Crippen molar-refractivity contribution in [2.45, 2.75) is 38.3 Å². The van der Waals surface area contributed by atoms with Crippen molar-refractivity contribution in [3.05, 3.63) is 15.8 Å². The van der Waals surface area contributed by atoms with Gasteiger partial charge < -0.3 is 5.32 Å². The largest absolute Gasteiger partial charge is 0.315 e. The van der Waals surface area contributed by atoms with Crippen molar-refractivity contribution in [2.24, 2.45) is 0 Å². The molecule has 0 bridgehead atoms. The minimum atomic E-state index is -3.35. The number of hydrogen-bond donors (Lipinski definition) is 1. The first-order chi connectivity index (χ1) is 7.80. The van der Waals surface area contributed by atoms with E-state index in [1.54, 1.807) is 13.1 Å². The van der Waals surface area contributed by atoms with Gasteiger partial charge in [-0.25, -0.2) is 8.42 Å². The second-order valence-electron chi connectivity index (χ2n) is 4.28. The van der Waals surface area contributed by atoms with Crippen LogP contribution in [-0.2, 0) is 16.6 Å². The Labute approximate surface area is 108 Å². The molecule has 0 saturated heterocycles. The van der Waals surface area contributed by atoms with Crippen LogP contribution in [0.4, 0.5) is 0 Å². The maximum absolute atomic E-state index is 12.3. The normalized spacial score (nSPS) is 12.6. The summed E-state index contributed by atoms with van der Waals surface area (Å²) in [6.45, 7) is 6.29. The van der Waals surface area contributed by atoms with E-state index >= 15 is 0 Å². The van der Waals surface area contributed by atoms with Gasteiger partial charge in [-0.1, -0.05) is 0 Å². The molecule has 98 valence electrons. The molecule has 0 fully saturated rings. The first kappa shape index (κ1) is 14.6. The Kier molecular flexibility index (Phi) is 4.71. The molecule has 0 amide bonds. The van der Waals surface area contributed by atoms with Gasteiger partial charge in [0, 0.05) is 29.4 Å². The van der Waals surface area contributed by atoms with Crippen molar-refractivity contribution in [1.29, 1.82) is 0 Å². The quantitative estimate of drug-likeness (QED) is 0.892. The van der Waals surface area contributed by atoms with Crippen LogP contribution in [0.3, 0.4) is 0 Å². The Morgan fingerprint density at radius 3 is 2.53 bits per heavy atom. The molecule has 0 aliphatic carbocycles. The van der Waals surface area contributed by atoms with E-state index < -0.39 is 10.0 Å². The number of nitrogens with zero attached hydrogens (tertiary/aromatic N) is 1. The number of rotatable bonds is 5. The highest BCUT2D eigenvalue weighted by molar-refractivity contribution is 7.89. The van der Waals surface area contributed by atoms with Gasteiger partial charge >= 0.3 is 0 Å². The van der Waals surface area contributed by atoms with Gasteiger partial charge in [-0.15, -0.1) is 11.3 Å². The highest BCUT2D eigenvalue weighted by Gasteiger charge is 2.26. The van der Waals surface area contributed by atoms with Crippen LogP contribution in [0.1, 0.15) is 23.6 Å². The average Bonchev–Trinajstić information content (AvgIpc) is 2.59. The maximum atomic E-state index is 12.3. The zero-order valence-corrected chi connectivity index (χ0v) is 12.6. The van der Waals surface area contributed by atoms with Gasteiger partial charge in [-0.2, -0.15) is 4.31 Å². The van der Waals surface area contributed by atoms with E-state index in [0.29, 0.717) is 11.4 Å². The van der Waals surface area contributed by atoms with Crippen molar-refractivity contribution < 1.29 is 8.42 Å². The Morgan fingerprint density at radius 2 is 2.06 bits per heavy atom. The van der Waals surface area contributed by atoms with E-state index in [4.69, 9.17) is 0 Å². The van der Waals surface area contributed by atoms with Gasteiger partial charge in [-0.3, -0.25) is 0 Å². The van der Waals surface area contributed by atoms with E-state index in [-0.39, 0.29) is 6.04 Å². The number of thiophene rings is 1. The summed E-state index contributed by atoms with van der Waals surface area (Å²) in [6.07, 6.45) is 0. The highest BCUT2D eigenvalue weighted by Crippen LogP contribution is 2.28. The molecule has 6 heteroatoms. The molecule has 1 heterocycles. The third-order valence-electron chi connectivity index (χ3n) is 2.66. The van der Waals surface area contributed by atoms with Gasteiger partial charge in [0.15, 0.2) is 0 Å². The summed E-state index contributed by atoms with van der Waals surface area (Å²) < 4.78 is 26.1. The molecule has 0 unspecified atom stereocenters. The van der Waals surface area contributed by atoms with Crippen LogP contribution < -0.4 is 5.32 Å². The van der Waals surface area contributed by atoms with E-state index in [0.717, 1.165) is 9.75 Å². The molecule has 0 aliphatic heterocycles. The van der Waals surface area contributed by atoms with Crippen molar-refractivity contribution >= 4 is 21.4 Å². The fourth-order valence-corrected chi connectivity index (χ4v) is 4.46. The first-order valence-electron chi connectivity index (χ1n) is 5.52. The van der Waals surface area contributed by atoms with Gasteiger partial charge in [0.2, 0.25) is 10.0 Å². The predicted octanol–water partition coefficient (Wildman–Crippen LogP) is 1.80. The molecule has 1 aromatic rings. The van der Waals surface area contributed by atoms with Gasteiger partial charge in [-0.05, 0) is 33.9 Å². The number of aryl methyl sites for hydroxylation is 1. The lowest BCUT2D eigenvalue weighted by Gasteiger charge is -2.20. The van der Waals surface area contributed by atoms with Crippen molar-refractivity contribution in [1.82, 2.24) is 9.62 Å². The van der Waals surface area contributed by atoms with Crippen LogP contribution in [0.5, 0.6) is 0 Å². The van der Waals surface area contributed by atoms with E-state index in [1.165, 1.54) is 15.6 Å². The third kappa shape index (κ3) is 3.07. The maximum Gasteiger partial charge on any atom is 0.244 e. The van der Waals surface area contributed by atoms with Gasteiger partial charge in [0.25, 0.3) is 0 Å². The molecule has 4 nitrogen and oxygen atoms in total. The second-order valence-corrected chi connectivity index (χ2v) is 7.59. The zero-order chi connectivity index (χ0) is 13.2. The van der Waals surface area contributed by atoms with Gasteiger partial charge in [0.1, 0.15) is 0 Å². The third-order valence-corrected chi connectivity index (χ3v) is 6.00. The molecule has 0 spiro atoms.